The van der Waals surface area contributed by atoms with E-state index in [9.17, 15) is 5.11 Å². The highest BCUT2D eigenvalue weighted by molar-refractivity contribution is 4.87. The largest absolute Gasteiger partial charge is 0.392 e. The van der Waals surface area contributed by atoms with Crippen LogP contribution in [0.2, 0.25) is 0 Å². The molecule has 4 heteroatoms. The maximum atomic E-state index is 9.23. The predicted octanol–water partition coefficient (Wildman–Crippen LogP) is -1.73. The van der Waals surface area contributed by atoms with Gasteiger partial charge in [0.15, 0.2) is 0 Å². The Kier molecular flexibility index (Phi) is 2.60. The molecule has 2 aliphatic rings. The molecule has 0 spiro atoms. The van der Waals surface area contributed by atoms with Crippen LogP contribution < -0.4 is 16.0 Å². The van der Waals surface area contributed by atoms with Crippen LogP contribution in [0.3, 0.4) is 0 Å². The van der Waals surface area contributed by atoms with Crippen molar-refractivity contribution in [2.45, 2.75) is 24.6 Å². The van der Waals surface area contributed by atoms with Crippen LogP contribution in [0.25, 0.3) is 0 Å². The minimum absolute atomic E-state index is 0.128. The lowest BCUT2D eigenvalue weighted by Crippen LogP contribution is -2.57. The Labute approximate surface area is 72.7 Å². The first-order valence-electron chi connectivity index (χ1n) is 4.70. The van der Waals surface area contributed by atoms with Crippen LogP contribution in [0.15, 0.2) is 0 Å². The molecule has 0 amide bonds. The molecule has 2 heterocycles. The van der Waals surface area contributed by atoms with Gasteiger partial charge in [0, 0.05) is 38.3 Å². The molecule has 0 radical (unpaired) electrons. The molecule has 4 nitrogen and oxygen atoms in total. The zero-order valence-corrected chi connectivity index (χ0v) is 7.21. The molecule has 2 atom stereocenters. The number of rotatable bonds is 3. The second-order valence-electron chi connectivity index (χ2n) is 3.76. The summed E-state index contributed by atoms with van der Waals surface area (Å²) in [5, 5.41) is 19.2. The summed E-state index contributed by atoms with van der Waals surface area (Å²) in [6.07, 6.45) is 0.768. The third-order valence-corrected chi connectivity index (χ3v) is 2.63. The molecule has 12 heavy (non-hydrogen) atoms. The van der Waals surface area contributed by atoms with E-state index in [1.54, 1.807) is 0 Å². The summed E-state index contributed by atoms with van der Waals surface area (Å²) in [7, 11) is 0. The first-order chi connectivity index (χ1) is 5.84. The highest BCUT2D eigenvalue weighted by Crippen LogP contribution is 2.05. The molecule has 0 saturated carbocycles. The van der Waals surface area contributed by atoms with Gasteiger partial charge in [-0.05, 0) is 6.42 Å². The van der Waals surface area contributed by atoms with Gasteiger partial charge in [-0.2, -0.15) is 0 Å². The van der Waals surface area contributed by atoms with Crippen LogP contribution in [0, 0.1) is 0 Å². The highest BCUT2D eigenvalue weighted by atomic mass is 16.3. The number of β-amino-alcohol motifs (C(OH)–C–C–N with tert-alkyl or cyclic N) is 1. The third kappa shape index (κ3) is 1.95. The van der Waals surface area contributed by atoms with Crippen molar-refractivity contribution < 1.29 is 5.11 Å². The average Bonchev–Trinajstić information content (AvgIpc) is 2.32. The Morgan fingerprint density at radius 3 is 2.67 bits per heavy atom. The summed E-state index contributed by atoms with van der Waals surface area (Å²) in [5.41, 5.74) is 0. The van der Waals surface area contributed by atoms with Crippen molar-refractivity contribution >= 4 is 0 Å². The summed E-state index contributed by atoms with van der Waals surface area (Å²) in [5.74, 6) is 0. The van der Waals surface area contributed by atoms with E-state index in [0.29, 0.717) is 12.1 Å². The number of hydrogen-bond acceptors (Lipinski definition) is 4. The van der Waals surface area contributed by atoms with Crippen molar-refractivity contribution in [3.63, 3.8) is 0 Å². The van der Waals surface area contributed by atoms with Gasteiger partial charge in [-0.25, -0.2) is 0 Å². The van der Waals surface area contributed by atoms with E-state index in [1.165, 1.54) is 0 Å². The Hall–Kier alpha value is -0.160. The normalized spacial score (nSPS) is 36.8. The van der Waals surface area contributed by atoms with E-state index in [-0.39, 0.29) is 6.10 Å². The zero-order chi connectivity index (χ0) is 8.39. The van der Waals surface area contributed by atoms with Crippen LogP contribution in [0.1, 0.15) is 6.42 Å². The molecule has 0 aromatic carbocycles. The van der Waals surface area contributed by atoms with Crippen LogP contribution in [-0.4, -0.2) is 49.5 Å². The molecule has 4 N–H and O–H groups in total. The van der Waals surface area contributed by atoms with Crippen molar-refractivity contribution in [1.29, 1.82) is 0 Å². The number of aliphatic hydroxyl groups excluding tert-OH is 1. The number of nitrogens with one attached hydrogen (secondary N) is 3. The van der Waals surface area contributed by atoms with Crippen LogP contribution in [0.4, 0.5) is 0 Å². The summed E-state index contributed by atoms with van der Waals surface area (Å²) < 4.78 is 0. The first kappa shape index (κ1) is 8.44. The van der Waals surface area contributed by atoms with E-state index >= 15 is 0 Å². The molecular weight excluding hydrogens is 154 g/mol. The van der Waals surface area contributed by atoms with Crippen LogP contribution in [-0.2, 0) is 0 Å². The fraction of sp³-hybridized carbons (Fsp3) is 1.00. The van der Waals surface area contributed by atoms with Crippen molar-refractivity contribution in [3.8, 4) is 0 Å². The Morgan fingerprint density at radius 1 is 1.33 bits per heavy atom. The summed E-state index contributed by atoms with van der Waals surface area (Å²) >= 11 is 0. The second kappa shape index (κ2) is 3.70. The zero-order valence-electron chi connectivity index (χ0n) is 7.21. The van der Waals surface area contributed by atoms with Crippen molar-refractivity contribution in [1.82, 2.24) is 16.0 Å². The van der Waals surface area contributed by atoms with Gasteiger partial charge in [-0.3, -0.25) is 0 Å². The second-order valence-corrected chi connectivity index (χ2v) is 3.76. The molecule has 0 aliphatic carbocycles. The standard InChI is InChI=1S/C8H17N3O/c12-8-1-6(11-5-8)4-10-7-2-9-3-7/h6-12H,1-5H2/t6-,8+/m0/s1. The fourth-order valence-electron chi connectivity index (χ4n) is 1.70. The maximum absolute atomic E-state index is 9.23. The Morgan fingerprint density at radius 2 is 2.17 bits per heavy atom. The maximum Gasteiger partial charge on any atom is 0.0680 e. The number of hydrogen-bond donors (Lipinski definition) is 4. The van der Waals surface area contributed by atoms with E-state index < -0.39 is 0 Å². The van der Waals surface area contributed by atoms with Gasteiger partial charge >= 0.3 is 0 Å². The smallest absolute Gasteiger partial charge is 0.0680 e. The van der Waals surface area contributed by atoms with E-state index in [0.717, 1.165) is 32.6 Å². The Balaban J connectivity index is 1.60. The van der Waals surface area contributed by atoms with E-state index in [4.69, 9.17) is 0 Å². The van der Waals surface area contributed by atoms with Crippen molar-refractivity contribution in [3.05, 3.63) is 0 Å². The fourth-order valence-corrected chi connectivity index (χ4v) is 1.70. The summed E-state index contributed by atoms with van der Waals surface area (Å²) in [6, 6.07) is 1.13. The van der Waals surface area contributed by atoms with Crippen molar-refractivity contribution in [2.75, 3.05) is 26.2 Å². The molecule has 2 rings (SSSR count). The van der Waals surface area contributed by atoms with Gasteiger partial charge in [0.05, 0.1) is 6.10 Å². The van der Waals surface area contributed by atoms with Crippen molar-refractivity contribution in [2.24, 2.45) is 0 Å². The quantitative estimate of drug-likeness (QED) is 0.408. The van der Waals surface area contributed by atoms with Crippen LogP contribution >= 0.6 is 0 Å². The average molecular weight is 171 g/mol. The van der Waals surface area contributed by atoms with Gasteiger partial charge in [-0.1, -0.05) is 0 Å². The molecule has 0 unspecified atom stereocenters. The van der Waals surface area contributed by atoms with Gasteiger partial charge in [0.25, 0.3) is 0 Å². The molecule has 0 aromatic heterocycles. The lowest BCUT2D eigenvalue weighted by molar-refractivity contribution is 0.192. The topological polar surface area (TPSA) is 56.3 Å². The number of aliphatic hydroxyl groups is 1. The predicted molar refractivity (Wildman–Crippen MR) is 47.1 cm³/mol. The molecule has 2 saturated heterocycles. The minimum atomic E-state index is -0.128. The Bertz CT molecular complexity index is 149. The minimum Gasteiger partial charge on any atom is -0.392 e. The highest BCUT2D eigenvalue weighted by Gasteiger charge is 2.23. The van der Waals surface area contributed by atoms with Gasteiger partial charge in [0.1, 0.15) is 0 Å². The first-order valence-corrected chi connectivity index (χ1v) is 4.70. The molecule has 0 aromatic rings. The van der Waals surface area contributed by atoms with E-state index in [2.05, 4.69) is 16.0 Å². The molecule has 2 fully saturated rings. The molecule has 70 valence electrons. The molecule has 2 aliphatic heterocycles. The van der Waals surface area contributed by atoms with Gasteiger partial charge < -0.3 is 21.1 Å². The lowest BCUT2D eigenvalue weighted by atomic mass is 10.1. The van der Waals surface area contributed by atoms with Gasteiger partial charge in [-0.15, -0.1) is 0 Å². The van der Waals surface area contributed by atoms with Gasteiger partial charge in [0.2, 0.25) is 0 Å². The third-order valence-electron chi connectivity index (χ3n) is 2.63. The molecule has 0 bridgehead atoms. The van der Waals surface area contributed by atoms with Crippen LogP contribution in [0.5, 0.6) is 0 Å². The lowest BCUT2D eigenvalue weighted by Gasteiger charge is -2.29. The summed E-state index contributed by atoms with van der Waals surface area (Å²) in [4.78, 5) is 0. The monoisotopic (exact) mass is 171 g/mol. The van der Waals surface area contributed by atoms with E-state index in [1.807, 2.05) is 0 Å². The summed E-state index contributed by atoms with van der Waals surface area (Å²) in [6.45, 7) is 3.93. The SMILES string of the molecule is O[C@H]1CN[C@H](CNC2CNC2)C1. The molecular formula is C8H17N3O.